The van der Waals surface area contributed by atoms with Gasteiger partial charge in [0, 0.05) is 24.9 Å². The number of carbonyl (C=O) groups is 1. The number of benzene rings is 2. The Labute approximate surface area is 146 Å². The summed E-state index contributed by atoms with van der Waals surface area (Å²) in [5, 5.41) is 6.88. The largest absolute Gasteiger partial charge is 0.497 e. The maximum absolute atomic E-state index is 12.2. The van der Waals surface area contributed by atoms with Crippen molar-refractivity contribution in [2.75, 3.05) is 12.4 Å². The van der Waals surface area contributed by atoms with Crippen LogP contribution in [-0.4, -0.2) is 22.8 Å². The third-order valence-electron chi connectivity index (χ3n) is 3.64. The minimum atomic E-state index is -0.193. The Balaban J connectivity index is 1.56. The van der Waals surface area contributed by atoms with E-state index >= 15 is 0 Å². The van der Waals surface area contributed by atoms with Gasteiger partial charge in [0.1, 0.15) is 18.1 Å². The smallest absolute Gasteiger partial charge is 0.256 e. The highest BCUT2D eigenvalue weighted by molar-refractivity contribution is 6.03. The summed E-state index contributed by atoms with van der Waals surface area (Å²) in [7, 11) is 3.43. The predicted octanol–water partition coefficient (Wildman–Crippen LogP) is 3.26. The summed E-state index contributed by atoms with van der Waals surface area (Å²) in [6, 6.07) is 16.4. The van der Waals surface area contributed by atoms with Crippen molar-refractivity contribution in [3.63, 3.8) is 0 Å². The number of hydrogen-bond donors (Lipinski definition) is 1. The zero-order valence-electron chi connectivity index (χ0n) is 14.1. The molecular weight excluding hydrogens is 318 g/mol. The number of nitrogens with one attached hydrogen (secondary N) is 1. The van der Waals surface area contributed by atoms with Gasteiger partial charge in [-0.3, -0.25) is 9.48 Å². The standard InChI is InChI=1S/C19H19N3O3/c1-22-12-11-18(21-22)20-19(23)15-5-3-14(4-6-15)13-25-17-9-7-16(24-2)8-10-17/h3-12H,13H2,1-2H3,(H,20,21,23). The second-order valence-corrected chi connectivity index (χ2v) is 5.49. The second kappa shape index (κ2) is 7.53. The molecule has 1 heterocycles. The minimum Gasteiger partial charge on any atom is -0.497 e. The first-order valence-corrected chi connectivity index (χ1v) is 7.81. The molecule has 0 radical (unpaired) electrons. The Morgan fingerprint density at radius 3 is 2.32 bits per heavy atom. The van der Waals surface area contributed by atoms with Crippen LogP contribution in [0.2, 0.25) is 0 Å². The van der Waals surface area contributed by atoms with Gasteiger partial charge in [0.15, 0.2) is 5.82 Å². The first kappa shape index (κ1) is 16.6. The second-order valence-electron chi connectivity index (χ2n) is 5.49. The molecule has 2 aromatic carbocycles. The van der Waals surface area contributed by atoms with Crippen LogP contribution in [0.15, 0.2) is 60.8 Å². The average Bonchev–Trinajstić information content (AvgIpc) is 3.05. The lowest BCUT2D eigenvalue weighted by atomic mass is 10.1. The lowest BCUT2D eigenvalue weighted by molar-refractivity contribution is 0.102. The highest BCUT2D eigenvalue weighted by Crippen LogP contribution is 2.18. The summed E-state index contributed by atoms with van der Waals surface area (Å²) in [5.74, 6) is 1.88. The molecule has 3 aromatic rings. The molecule has 0 saturated heterocycles. The Morgan fingerprint density at radius 2 is 1.72 bits per heavy atom. The highest BCUT2D eigenvalue weighted by atomic mass is 16.5. The van der Waals surface area contributed by atoms with E-state index in [9.17, 15) is 4.79 Å². The molecule has 0 saturated carbocycles. The van der Waals surface area contributed by atoms with Gasteiger partial charge in [0.2, 0.25) is 0 Å². The molecule has 0 aliphatic rings. The number of rotatable bonds is 6. The molecule has 1 N–H and O–H groups in total. The molecule has 1 aromatic heterocycles. The number of ether oxygens (including phenoxy) is 2. The molecule has 25 heavy (non-hydrogen) atoms. The van der Waals surface area contributed by atoms with Gasteiger partial charge in [-0.1, -0.05) is 12.1 Å². The fourth-order valence-electron chi connectivity index (χ4n) is 2.26. The molecule has 3 rings (SSSR count). The zero-order valence-corrected chi connectivity index (χ0v) is 14.1. The Kier molecular flexibility index (Phi) is 4.99. The van der Waals surface area contributed by atoms with E-state index in [1.807, 2.05) is 36.4 Å². The van der Waals surface area contributed by atoms with Gasteiger partial charge in [-0.2, -0.15) is 5.10 Å². The number of aromatic nitrogens is 2. The summed E-state index contributed by atoms with van der Waals surface area (Å²) in [6.07, 6.45) is 1.77. The number of aryl methyl sites for hydroxylation is 1. The molecule has 0 unspecified atom stereocenters. The summed E-state index contributed by atoms with van der Waals surface area (Å²) < 4.78 is 12.5. The van der Waals surface area contributed by atoms with E-state index in [1.54, 1.807) is 43.2 Å². The highest BCUT2D eigenvalue weighted by Gasteiger charge is 2.07. The Hall–Kier alpha value is -3.28. The minimum absolute atomic E-state index is 0.193. The van der Waals surface area contributed by atoms with Crippen molar-refractivity contribution in [3.05, 3.63) is 71.9 Å². The van der Waals surface area contributed by atoms with E-state index in [0.29, 0.717) is 18.0 Å². The lowest BCUT2D eigenvalue weighted by Crippen LogP contribution is -2.12. The molecule has 1 amide bonds. The number of anilines is 1. The van der Waals surface area contributed by atoms with Crippen LogP contribution < -0.4 is 14.8 Å². The maximum Gasteiger partial charge on any atom is 0.256 e. The molecule has 0 aliphatic carbocycles. The Morgan fingerprint density at radius 1 is 1.04 bits per heavy atom. The maximum atomic E-state index is 12.2. The number of hydrogen-bond acceptors (Lipinski definition) is 4. The summed E-state index contributed by atoms with van der Waals surface area (Å²) in [5.41, 5.74) is 1.55. The van der Waals surface area contributed by atoms with Crippen molar-refractivity contribution in [1.82, 2.24) is 9.78 Å². The average molecular weight is 337 g/mol. The van der Waals surface area contributed by atoms with E-state index in [0.717, 1.165) is 17.1 Å². The van der Waals surface area contributed by atoms with Crippen LogP contribution in [0.4, 0.5) is 5.82 Å². The Bertz CT molecular complexity index is 839. The summed E-state index contributed by atoms with van der Waals surface area (Å²) >= 11 is 0. The van der Waals surface area contributed by atoms with Gasteiger partial charge >= 0.3 is 0 Å². The number of nitrogens with zero attached hydrogens (tertiary/aromatic N) is 2. The molecule has 0 aliphatic heterocycles. The van der Waals surface area contributed by atoms with Crippen molar-refractivity contribution in [2.24, 2.45) is 7.05 Å². The van der Waals surface area contributed by atoms with Gasteiger partial charge in [0.05, 0.1) is 7.11 Å². The first-order chi connectivity index (χ1) is 12.1. The molecule has 0 atom stereocenters. The van der Waals surface area contributed by atoms with Crippen molar-refractivity contribution in [2.45, 2.75) is 6.61 Å². The third-order valence-corrected chi connectivity index (χ3v) is 3.64. The molecule has 6 nitrogen and oxygen atoms in total. The van der Waals surface area contributed by atoms with E-state index in [-0.39, 0.29) is 5.91 Å². The van der Waals surface area contributed by atoms with Gasteiger partial charge in [-0.25, -0.2) is 0 Å². The molecule has 0 bridgehead atoms. The van der Waals surface area contributed by atoms with E-state index in [2.05, 4.69) is 10.4 Å². The van der Waals surface area contributed by atoms with Gasteiger partial charge in [0.25, 0.3) is 5.91 Å². The van der Waals surface area contributed by atoms with Gasteiger partial charge < -0.3 is 14.8 Å². The van der Waals surface area contributed by atoms with Gasteiger partial charge in [-0.15, -0.1) is 0 Å². The van der Waals surface area contributed by atoms with E-state index in [4.69, 9.17) is 9.47 Å². The van der Waals surface area contributed by atoms with Crippen LogP contribution >= 0.6 is 0 Å². The van der Waals surface area contributed by atoms with Crippen molar-refractivity contribution < 1.29 is 14.3 Å². The quantitative estimate of drug-likeness (QED) is 0.750. The number of amides is 1. The lowest BCUT2D eigenvalue weighted by Gasteiger charge is -2.08. The summed E-state index contributed by atoms with van der Waals surface area (Å²) in [4.78, 5) is 12.2. The number of carbonyl (C=O) groups excluding carboxylic acids is 1. The predicted molar refractivity (Wildman–Crippen MR) is 94.9 cm³/mol. The van der Waals surface area contributed by atoms with Gasteiger partial charge in [-0.05, 0) is 42.0 Å². The van der Waals surface area contributed by atoms with Crippen LogP contribution in [0, 0.1) is 0 Å². The normalized spacial score (nSPS) is 10.3. The van der Waals surface area contributed by atoms with Crippen molar-refractivity contribution in [3.8, 4) is 11.5 Å². The molecule has 128 valence electrons. The fraction of sp³-hybridized carbons (Fsp3) is 0.158. The summed E-state index contributed by atoms with van der Waals surface area (Å²) in [6.45, 7) is 0.425. The molecule has 6 heteroatoms. The SMILES string of the molecule is COc1ccc(OCc2ccc(C(=O)Nc3ccn(C)n3)cc2)cc1. The molecule has 0 fully saturated rings. The van der Waals surface area contributed by atoms with Crippen LogP contribution in [0.5, 0.6) is 11.5 Å². The van der Waals surface area contributed by atoms with Crippen LogP contribution in [0.1, 0.15) is 15.9 Å². The number of methoxy groups -OCH3 is 1. The van der Waals surface area contributed by atoms with Crippen LogP contribution in [0.25, 0.3) is 0 Å². The van der Waals surface area contributed by atoms with Crippen LogP contribution in [-0.2, 0) is 13.7 Å². The monoisotopic (exact) mass is 337 g/mol. The zero-order chi connectivity index (χ0) is 17.6. The molecule has 0 spiro atoms. The third kappa shape index (κ3) is 4.38. The first-order valence-electron chi connectivity index (χ1n) is 7.81. The van der Waals surface area contributed by atoms with Crippen molar-refractivity contribution >= 4 is 11.7 Å². The van der Waals surface area contributed by atoms with E-state index < -0.39 is 0 Å². The molecular formula is C19H19N3O3. The van der Waals surface area contributed by atoms with E-state index in [1.165, 1.54) is 0 Å². The van der Waals surface area contributed by atoms with Crippen LogP contribution in [0.3, 0.4) is 0 Å². The fourth-order valence-corrected chi connectivity index (χ4v) is 2.26. The topological polar surface area (TPSA) is 65.4 Å². The van der Waals surface area contributed by atoms with Crippen molar-refractivity contribution in [1.29, 1.82) is 0 Å².